The zero-order valence-corrected chi connectivity index (χ0v) is 11.1. The van der Waals surface area contributed by atoms with Gasteiger partial charge in [0.05, 0.1) is 17.2 Å². The molecular weight excluding hydrogens is 280 g/mol. The van der Waals surface area contributed by atoms with Gasteiger partial charge in [0.2, 0.25) is 0 Å². The molecule has 1 aliphatic carbocycles. The Hall–Kier alpha value is -1.05. The Balaban J connectivity index is 2.04. The van der Waals surface area contributed by atoms with Crippen LogP contribution < -0.4 is 5.32 Å². The second-order valence-corrected chi connectivity index (χ2v) is 5.54. The van der Waals surface area contributed by atoms with Crippen LogP contribution in [0.3, 0.4) is 0 Å². The maximum absolute atomic E-state index is 10.2. The first-order valence-electron chi connectivity index (χ1n) is 5.78. The van der Waals surface area contributed by atoms with Gasteiger partial charge in [0.15, 0.2) is 0 Å². The lowest BCUT2D eigenvalue weighted by Crippen LogP contribution is -2.33. The quantitative estimate of drug-likeness (QED) is 0.901. The smallest absolute Gasteiger partial charge is 0.0992 e. The summed E-state index contributed by atoms with van der Waals surface area (Å²) >= 11 is 3.37. The van der Waals surface area contributed by atoms with E-state index in [1.807, 2.05) is 6.07 Å². The van der Waals surface area contributed by atoms with Gasteiger partial charge in [-0.15, -0.1) is 0 Å². The number of rotatable bonds is 3. The largest absolute Gasteiger partial charge is 0.388 e. The number of halogens is 1. The molecule has 0 spiro atoms. The number of aliphatic hydroxyl groups is 1. The predicted molar refractivity (Wildman–Crippen MR) is 70.8 cm³/mol. The summed E-state index contributed by atoms with van der Waals surface area (Å²) in [6.07, 6.45) is 3.92. The summed E-state index contributed by atoms with van der Waals surface area (Å²) in [6, 6.07) is 7.60. The molecule has 2 rings (SSSR count). The number of hydrogen-bond acceptors (Lipinski definition) is 3. The molecule has 0 saturated heterocycles. The summed E-state index contributed by atoms with van der Waals surface area (Å²) in [5.41, 5.74) is 0.909. The number of nitriles is 1. The van der Waals surface area contributed by atoms with E-state index < -0.39 is 5.60 Å². The molecular formula is C13H15BrN2O. The molecule has 0 atom stereocenters. The molecule has 0 aliphatic heterocycles. The lowest BCUT2D eigenvalue weighted by molar-refractivity contribution is 0.0615. The first-order valence-corrected chi connectivity index (χ1v) is 6.58. The van der Waals surface area contributed by atoms with Crippen molar-refractivity contribution in [3.63, 3.8) is 0 Å². The molecule has 1 aromatic rings. The average molecular weight is 295 g/mol. The minimum Gasteiger partial charge on any atom is -0.388 e. The molecule has 90 valence electrons. The van der Waals surface area contributed by atoms with Crippen molar-refractivity contribution in [3.05, 3.63) is 28.2 Å². The van der Waals surface area contributed by atoms with Crippen LogP contribution >= 0.6 is 15.9 Å². The van der Waals surface area contributed by atoms with Crippen molar-refractivity contribution in [1.29, 1.82) is 5.26 Å². The van der Waals surface area contributed by atoms with Crippen LogP contribution in [-0.2, 0) is 0 Å². The monoisotopic (exact) mass is 294 g/mol. The summed E-state index contributed by atoms with van der Waals surface area (Å²) in [4.78, 5) is 0. The lowest BCUT2D eigenvalue weighted by Gasteiger charge is -2.23. The Bertz CT molecular complexity index is 447. The molecule has 3 nitrogen and oxygen atoms in total. The Morgan fingerprint density at radius 2 is 2.06 bits per heavy atom. The van der Waals surface area contributed by atoms with Gasteiger partial charge in [-0.25, -0.2) is 0 Å². The standard InChI is InChI=1S/C13H15BrN2O/c14-11-5-10(8-15)6-12(7-11)16-9-13(17)3-1-2-4-13/h5-7,16-17H,1-4,9H2. The van der Waals surface area contributed by atoms with E-state index in [4.69, 9.17) is 5.26 Å². The van der Waals surface area contributed by atoms with Crippen molar-refractivity contribution >= 4 is 21.6 Å². The molecule has 1 aliphatic rings. The van der Waals surface area contributed by atoms with E-state index in [0.29, 0.717) is 12.1 Å². The molecule has 0 bridgehead atoms. The van der Waals surface area contributed by atoms with Crippen LogP contribution in [0.15, 0.2) is 22.7 Å². The predicted octanol–water partition coefficient (Wildman–Crippen LogP) is 3.04. The summed E-state index contributed by atoms with van der Waals surface area (Å²) < 4.78 is 0.873. The van der Waals surface area contributed by atoms with Gasteiger partial charge in [-0.05, 0) is 31.0 Å². The van der Waals surface area contributed by atoms with Gasteiger partial charge in [0.1, 0.15) is 0 Å². The third-order valence-electron chi connectivity index (χ3n) is 3.18. The van der Waals surface area contributed by atoms with Gasteiger partial charge in [0.25, 0.3) is 0 Å². The van der Waals surface area contributed by atoms with Crippen LogP contribution in [-0.4, -0.2) is 17.3 Å². The molecule has 1 saturated carbocycles. The van der Waals surface area contributed by atoms with Gasteiger partial charge in [0, 0.05) is 16.7 Å². The van der Waals surface area contributed by atoms with E-state index in [1.54, 1.807) is 12.1 Å². The van der Waals surface area contributed by atoms with E-state index in [1.165, 1.54) is 0 Å². The first-order chi connectivity index (χ1) is 8.11. The van der Waals surface area contributed by atoms with Crippen molar-refractivity contribution in [2.75, 3.05) is 11.9 Å². The van der Waals surface area contributed by atoms with E-state index >= 15 is 0 Å². The Labute approximate surface area is 110 Å². The van der Waals surface area contributed by atoms with Gasteiger partial charge in [-0.2, -0.15) is 5.26 Å². The summed E-state index contributed by atoms with van der Waals surface area (Å²) in [5, 5.41) is 22.3. The summed E-state index contributed by atoms with van der Waals surface area (Å²) in [6.45, 7) is 0.550. The molecule has 0 aromatic heterocycles. The molecule has 4 heteroatoms. The SMILES string of the molecule is N#Cc1cc(Br)cc(NCC2(O)CCCC2)c1. The molecule has 0 unspecified atom stereocenters. The maximum atomic E-state index is 10.2. The third-order valence-corrected chi connectivity index (χ3v) is 3.64. The van der Waals surface area contributed by atoms with Gasteiger partial charge in [-0.3, -0.25) is 0 Å². The van der Waals surface area contributed by atoms with Gasteiger partial charge >= 0.3 is 0 Å². The minimum atomic E-state index is -0.574. The molecule has 17 heavy (non-hydrogen) atoms. The number of benzene rings is 1. The maximum Gasteiger partial charge on any atom is 0.0992 e. The number of nitrogens with one attached hydrogen (secondary N) is 1. The summed E-state index contributed by atoms with van der Waals surface area (Å²) in [5.74, 6) is 0. The fourth-order valence-corrected chi connectivity index (χ4v) is 2.73. The summed E-state index contributed by atoms with van der Waals surface area (Å²) in [7, 11) is 0. The normalized spacial score (nSPS) is 17.7. The van der Waals surface area contributed by atoms with Crippen molar-refractivity contribution < 1.29 is 5.11 Å². The van der Waals surface area contributed by atoms with Crippen LogP contribution in [0.5, 0.6) is 0 Å². The first kappa shape index (κ1) is 12.4. The number of anilines is 1. The molecule has 0 heterocycles. The van der Waals surface area contributed by atoms with E-state index in [-0.39, 0.29) is 0 Å². The van der Waals surface area contributed by atoms with Crippen LogP contribution in [0.2, 0.25) is 0 Å². The topological polar surface area (TPSA) is 56.0 Å². The highest BCUT2D eigenvalue weighted by Gasteiger charge is 2.30. The zero-order valence-electron chi connectivity index (χ0n) is 9.54. The average Bonchev–Trinajstić information content (AvgIpc) is 2.73. The van der Waals surface area contributed by atoms with Gasteiger partial charge < -0.3 is 10.4 Å². The molecule has 1 fully saturated rings. The van der Waals surface area contributed by atoms with Crippen molar-refractivity contribution in [2.45, 2.75) is 31.3 Å². The van der Waals surface area contributed by atoms with Crippen molar-refractivity contribution in [3.8, 4) is 6.07 Å². The third kappa shape index (κ3) is 3.21. The second kappa shape index (κ2) is 5.07. The zero-order chi connectivity index (χ0) is 12.3. The van der Waals surface area contributed by atoms with Crippen molar-refractivity contribution in [2.24, 2.45) is 0 Å². The molecule has 0 radical (unpaired) electrons. The number of nitrogens with zero attached hydrogens (tertiary/aromatic N) is 1. The molecule has 2 N–H and O–H groups in total. The van der Waals surface area contributed by atoms with Gasteiger partial charge in [-0.1, -0.05) is 28.8 Å². The Kier molecular flexibility index (Phi) is 3.70. The van der Waals surface area contributed by atoms with Crippen LogP contribution in [0.25, 0.3) is 0 Å². The van der Waals surface area contributed by atoms with Crippen LogP contribution in [0.4, 0.5) is 5.69 Å². The Morgan fingerprint density at radius 1 is 1.35 bits per heavy atom. The second-order valence-electron chi connectivity index (χ2n) is 4.63. The van der Waals surface area contributed by atoms with E-state index in [0.717, 1.165) is 35.8 Å². The highest BCUT2D eigenvalue weighted by atomic mass is 79.9. The fourth-order valence-electron chi connectivity index (χ4n) is 2.23. The lowest BCUT2D eigenvalue weighted by atomic mass is 10.0. The Morgan fingerprint density at radius 3 is 2.71 bits per heavy atom. The highest BCUT2D eigenvalue weighted by Crippen LogP contribution is 2.30. The van der Waals surface area contributed by atoms with E-state index in [2.05, 4.69) is 27.3 Å². The van der Waals surface area contributed by atoms with Crippen LogP contribution in [0.1, 0.15) is 31.2 Å². The molecule has 0 amide bonds. The highest BCUT2D eigenvalue weighted by molar-refractivity contribution is 9.10. The fraction of sp³-hybridized carbons (Fsp3) is 0.462. The van der Waals surface area contributed by atoms with Crippen LogP contribution in [0, 0.1) is 11.3 Å². The molecule has 1 aromatic carbocycles. The number of hydrogen-bond donors (Lipinski definition) is 2. The van der Waals surface area contributed by atoms with Crippen molar-refractivity contribution in [1.82, 2.24) is 0 Å². The van der Waals surface area contributed by atoms with E-state index in [9.17, 15) is 5.11 Å². The minimum absolute atomic E-state index is 0.550.